The summed E-state index contributed by atoms with van der Waals surface area (Å²) in [6.45, 7) is 6.71. The topological polar surface area (TPSA) is 31.7 Å². The first-order chi connectivity index (χ1) is 9.22. The van der Waals surface area contributed by atoms with Crippen molar-refractivity contribution in [1.29, 1.82) is 0 Å². The molecule has 4 nitrogen and oxygen atoms in total. The van der Waals surface area contributed by atoms with Gasteiger partial charge in [-0.2, -0.15) is 0 Å². The van der Waals surface area contributed by atoms with Gasteiger partial charge in [0.2, 0.25) is 0 Å². The number of rotatable bonds is 5. The van der Waals surface area contributed by atoms with E-state index in [2.05, 4.69) is 42.2 Å². The molecule has 0 bridgehead atoms. The summed E-state index contributed by atoms with van der Waals surface area (Å²) in [7, 11) is 4.46. The van der Waals surface area contributed by atoms with Crippen LogP contribution in [-0.4, -0.2) is 56.1 Å². The lowest BCUT2D eigenvalue weighted by Crippen LogP contribution is -2.47. The summed E-state index contributed by atoms with van der Waals surface area (Å²) >= 11 is 0. The molecule has 4 heteroatoms. The van der Waals surface area contributed by atoms with Gasteiger partial charge >= 0.3 is 0 Å². The van der Waals surface area contributed by atoms with E-state index < -0.39 is 0 Å². The van der Waals surface area contributed by atoms with Gasteiger partial charge < -0.3 is 19.5 Å². The van der Waals surface area contributed by atoms with Gasteiger partial charge in [-0.05, 0) is 52.6 Å². The average molecular weight is 265 g/mol. The third kappa shape index (κ3) is 3.81. The van der Waals surface area contributed by atoms with Crippen molar-refractivity contribution in [2.24, 2.45) is 0 Å². The van der Waals surface area contributed by atoms with Crippen molar-refractivity contribution in [3.63, 3.8) is 0 Å². The van der Waals surface area contributed by atoms with Crippen LogP contribution in [0.1, 0.15) is 31.4 Å². The predicted octanol–water partition coefficient (Wildman–Crippen LogP) is 1.96. The Bertz CT molecular complexity index is 352. The molecule has 1 aromatic rings. The second kappa shape index (κ2) is 7.08. The van der Waals surface area contributed by atoms with Gasteiger partial charge in [0.15, 0.2) is 0 Å². The van der Waals surface area contributed by atoms with E-state index in [1.54, 1.807) is 6.26 Å². The number of hydrogen-bond donors (Lipinski definition) is 1. The largest absolute Gasteiger partial charge is 0.472 e. The normalized spacial score (nSPS) is 24.3. The molecule has 1 N–H and O–H groups in total. The molecule has 0 saturated carbocycles. The molecule has 1 aromatic heterocycles. The van der Waals surface area contributed by atoms with Crippen molar-refractivity contribution in [1.82, 2.24) is 15.1 Å². The summed E-state index contributed by atoms with van der Waals surface area (Å²) in [4.78, 5) is 4.93. The molecule has 1 aliphatic rings. The highest BCUT2D eigenvalue weighted by atomic mass is 16.3. The number of nitrogens with one attached hydrogen (secondary N) is 1. The van der Waals surface area contributed by atoms with Crippen LogP contribution in [0.3, 0.4) is 0 Å². The Morgan fingerprint density at radius 3 is 2.95 bits per heavy atom. The first-order valence-corrected chi connectivity index (χ1v) is 7.36. The second-order valence-corrected chi connectivity index (χ2v) is 5.65. The summed E-state index contributed by atoms with van der Waals surface area (Å²) in [5.74, 6) is 0. The summed E-state index contributed by atoms with van der Waals surface area (Å²) < 4.78 is 5.29. The fourth-order valence-electron chi connectivity index (χ4n) is 2.89. The molecule has 108 valence electrons. The number of furan rings is 1. The van der Waals surface area contributed by atoms with Gasteiger partial charge in [-0.1, -0.05) is 6.92 Å². The maximum Gasteiger partial charge on any atom is 0.0950 e. The monoisotopic (exact) mass is 265 g/mol. The van der Waals surface area contributed by atoms with Crippen LogP contribution >= 0.6 is 0 Å². The van der Waals surface area contributed by atoms with E-state index in [9.17, 15) is 0 Å². The van der Waals surface area contributed by atoms with Gasteiger partial charge in [0.05, 0.1) is 18.6 Å². The Morgan fingerprint density at radius 1 is 1.42 bits per heavy atom. The highest BCUT2D eigenvalue weighted by Gasteiger charge is 2.29. The fourth-order valence-corrected chi connectivity index (χ4v) is 2.89. The van der Waals surface area contributed by atoms with E-state index in [4.69, 9.17) is 4.42 Å². The molecule has 0 aromatic carbocycles. The molecule has 0 aliphatic carbocycles. The fraction of sp³-hybridized carbons (Fsp3) is 0.733. The zero-order valence-corrected chi connectivity index (χ0v) is 12.4. The molecule has 0 radical (unpaired) electrons. The Balaban J connectivity index is 2.15. The first-order valence-electron chi connectivity index (χ1n) is 7.36. The highest BCUT2D eigenvalue weighted by molar-refractivity contribution is 5.15. The minimum Gasteiger partial charge on any atom is -0.472 e. The molecule has 0 spiro atoms. The Kier molecular flexibility index (Phi) is 5.43. The van der Waals surface area contributed by atoms with Crippen LogP contribution in [0.15, 0.2) is 23.0 Å². The minimum absolute atomic E-state index is 0.351. The van der Waals surface area contributed by atoms with Crippen LogP contribution < -0.4 is 5.32 Å². The van der Waals surface area contributed by atoms with Crippen LogP contribution in [0, 0.1) is 0 Å². The van der Waals surface area contributed by atoms with Crippen molar-refractivity contribution in [2.75, 3.05) is 40.3 Å². The van der Waals surface area contributed by atoms with E-state index in [1.165, 1.54) is 18.5 Å². The van der Waals surface area contributed by atoms with E-state index in [1.807, 2.05) is 6.26 Å². The molecular weight excluding hydrogens is 238 g/mol. The quantitative estimate of drug-likeness (QED) is 0.882. The Labute approximate surface area is 116 Å². The zero-order valence-electron chi connectivity index (χ0n) is 12.4. The lowest BCUT2D eigenvalue weighted by molar-refractivity contribution is 0.178. The summed E-state index contributed by atoms with van der Waals surface area (Å²) in [6.07, 6.45) is 6.05. The van der Waals surface area contributed by atoms with Gasteiger partial charge in [-0.25, -0.2) is 0 Å². The van der Waals surface area contributed by atoms with Gasteiger partial charge in [0, 0.05) is 18.2 Å². The third-order valence-electron chi connectivity index (χ3n) is 4.02. The van der Waals surface area contributed by atoms with Gasteiger partial charge in [-0.3, -0.25) is 0 Å². The molecule has 19 heavy (non-hydrogen) atoms. The minimum atomic E-state index is 0.351. The van der Waals surface area contributed by atoms with Crippen LogP contribution in [0.2, 0.25) is 0 Å². The number of likely N-dealkylation sites (N-methyl/N-ethyl adjacent to an activating group) is 2. The van der Waals surface area contributed by atoms with Crippen molar-refractivity contribution < 1.29 is 4.42 Å². The Hall–Kier alpha value is -0.840. The predicted molar refractivity (Wildman–Crippen MR) is 78.3 cm³/mol. The molecule has 2 unspecified atom stereocenters. The van der Waals surface area contributed by atoms with Crippen molar-refractivity contribution in [3.8, 4) is 0 Å². The van der Waals surface area contributed by atoms with Gasteiger partial charge in [0.25, 0.3) is 0 Å². The smallest absolute Gasteiger partial charge is 0.0950 e. The van der Waals surface area contributed by atoms with Crippen LogP contribution in [0.4, 0.5) is 0 Å². The van der Waals surface area contributed by atoms with E-state index in [-0.39, 0.29) is 0 Å². The van der Waals surface area contributed by atoms with Gasteiger partial charge in [-0.15, -0.1) is 0 Å². The van der Waals surface area contributed by atoms with Crippen LogP contribution in [-0.2, 0) is 0 Å². The average Bonchev–Trinajstić information content (AvgIpc) is 2.86. The lowest BCUT2D eigenvalue weighted by atomic mass is 10.00. The highest BCUT2D eigenvalue weighted by Crippen LogP contribution is 2.23. The molecule has 1 aliphatic heterocycles. The molecule has 2 heterocycles. The summed E-state index contributed by atoms with van der Waals surface area (Å²) in [5.41, 5.74) is 1.26. The molecular formula is C15H27N3O. The Morgan fingerprint density at radius 2 is 2.26 bits per heavy atom. The molecule has 0 amide bonds. The maximum absolute atomic E-state index is 5.29. The molecule has 2 atom stereocenters. The number of nitrogens with zero attached hydrogens (tertiary/aromatic N) is 2. The van der Waals surface area contributed by atoms with E-state index >= 15 is 0 Å². The second-order valence-electron chi connectivity index (χ2n) is 5.65. The van der Waals surface area contributed by atoms with Crippen LogP contribution in [0.5, 0.6) is 0 Å². The summed E-state index contributed by atoms with van der Waals surface area (Å²) in [6, 6.07) is 2.94. The lowest BCUT2D eigenvalue weighted by Gasteiger charge is -2.34. The number of hydrogen-bond acceptors (Lipinski definition) is 4. The third-order valence-corrected chi connectivity index (χ3v) is 4.02. The summed E-state index contributed by atoms with van der Waals surface area (Å²) in [5, 5.41) is 3.69. The first kappa shape index (κ1) is 14.6. The van der Waals surface area contributed by atoms with Crippen molar-refractivity contribution in [3.05, 3.63) is 24.2 Å². The molecule has 2 rings (SSSR count). The van der Waals surface area contributed by atoms with Crippen molar-refractivity contribution >= 4 is 0 Å². The molecule has 1 fully saturated rings. The van der Waals surface area contributed by atoms with E-state index in [0.29, 0.717) is 12.1 Å². The van der Waals surface area contributed by atoms with Gasteiger partial charge in [0.1, 0.15) is 0 Å². The van der Waals surface area contributed by atoms with E-state index in [0.717, 1.165) is 26.1 Å². The molecule has 1 saturated heterocycles. The zero-order chi connectivity index (χ0) is 13.7. The van der Waals surface area contributed by atoms with Crippen LogP contribution in [0.25, 0.3) is 0 Å². The maximum atomic E-state index is 5.29. The van der Waals surface area contributed by atoms with Crippen molar-refractivity contribution in [2.45, 2.75) is 31.8 Å². The standard InChI is InChI=1S/C15H27N3O/c1-4-7-16-15(13-6-10-19-12-13)14-11-17(2)8-5-9-18(14)3/h6,10,12,14-16H,4-5,7-9,11H2,1-3H3. The SMILES string of the molecule is CCCNC(c1ccoc1)C1CN(C)CCCN1C.